The third-order valence-corrected chi connectivity index (χ3v) is 6.40. The molecule has 0 radical (unpaired) electrons. The Bertz CT molecular complexity index is 1380. The number of nitrogen functional groups attached to an aromatic ring is 1. The standard InChI is InChI=1S/C28H30N6O2/c1-33(2)15-6-9-23(35)34-16-14-20(17-34)26-27-24(28(29)31-18-30-27)25(32-26)19-10-12-22(13-11-19)36-21-7-4-3-5-8-21/h3-13,18,20,32H,14-17H2,1-2H3,(H2,29,30,31). The summed E-state index contributed by atoms with van der Waals surface area (Å²) in [6.07, 6.45) is 5.92. The number of aromatic nitrogens is 3. The Morgan fingerprint density at radius 3 is 2.64 bits per heavy atom. The number of H-pyrrole nitrogens is 1. The second kappa shape index (κ2) is 10.2. The van der Waals surface area contributed by atoms with E-state index in [9.17, 15) is 4.79 Å². The molecule has 1 aliphatic rings. The molecule has 184 valence electrons. The summed E-state index contributed by atoms with van der Waals surface area (Å²) in [5.41, 5.74) is 9.96. The first-order valence-electron chi connectivity index (χ1n) is 12.0. The van der Waals surface area contributed by atoms with Crippen LogP contribution in [0.15, 0.2) is 73.1 Å². The first kappa shape index (κ1) is 23.6. The van der Waals surface area contributed by atoms with E-state index < -0.39 is 0 Å². The van der Waals surface area contributed by atoms with Gasteiger partial charge in [0, 0.05) is 37.3 Å². The Morgan fingerprint density at radius 1 is 1.14 bits per heavy atom. The van der Waals surface area contributed by atoms with E-state index in [1.54, 1.807) is 6.08 Å². The highest BCUT2D eigenvalue weighted by Crippen LogP contribution is 2.38. The largest absolute Gasteiger partial charge is 0.457 e. The van der Waals surface area contributed by atoms with Crippen molar-refractivity contribution in [1.29, 1.82) is 0 Å². The summed E-state index contributed by atoms with van der Waals surface area (Å²) in [5, 5.41) is 0.805. The molecule has 0 saturated carbocycles. The van der Waals surface area contributed by atoms with E-state index in [1.807, 2.05) is 84.6 Å². The number of nitrogens with one attached hydrogen (secondary N) is 1. The van der Waals surface area contributed by atoms with Crippen LogP contribution >= 0.6 is 0 Å². The van der Waals surface area contributed by atoms with Crippen LogP contribution in [0.4, 0.5) is 5.82 Å². The van der Waals surface area contributed by atoms with Crippen molar-refractivity contribution in [3.8, 4) is 22.8 Å². The smallest absolute Gasteiger partial charge is 0.246 e. The number of hydrogen-bond donors (Lipinski definition) is 2. The van der Waals surface area contributed by atoms with Gasteiger partial charge < -0.3 is 25.3 Å². The minimum absolute atomic E-state index is 0.0404. The summed E-state index contributed by atoms with van der Waals surface area (Å²) >= 11 is 0. The summed E-state index contributed by atoms with van der Waals surface area (Å²) in [7, 11) is 3.96. The molecule has 1 saturated heterocycles. The van der Waals surface area contributed by atoms with E-state index in [0.29, 0.717) is 18.9 Å². The molecule has 3 heterocycles. The minimum atomic E-state index is 0.0404. The van der Waals surface area contributed by atoms with Crippen LogP contribution < -0.4 is 10.5 Å². The van der Waals surface area contributed by atoms with Crippen molar-refractivity contribution in [2.45, 2.75) is 12.3 Å². The number of carbonyl (C=O) groups is 1. The third kappa shape index (κ3) is 4.94. The van der Waals surface area contributed by atoms with Crippen LogP contribution in [0.3, 0.4) is 0 Å². The average molecular weight is 483 g/mol. The Kier molecular flexibility index (Phi) is 6.69. The first-order valence-corrected chi connectivity index (χ1v) is 12.0. The second-order valence-electron chi connectivity index (χ2n) is 9.27. The molecule has 2 aromatic heterocycles. The molecule has 4 aromatic rings. The van der Waals surface area contributed by atoms with Crippen LogP contribution in [0.25, 0.3) is 22.2 Å². The maximum atomic E-state index is 12.7. The van der Waals surface area contributed by atoms with Gasteiger partial charge >= 0.3 is 0 Å². The molecule has 8 nitrogen and oxygen atoms in total. The summed E-state index contributed by atoms with van der Waals surface area (Å²) in [5.74, 6) is 2.14. The van der Waals surface area contributed by atoms with Gasteiger partial charge in [0.1, 0.15) is 23.6 Å². The fraction of sp³-hybridized carbons (Fsp3) is 0.250. The lowest BCUT2D eigenvalue weighted by atomic mass is 10.0. The fourth-order valence-corrected chi connectivity index (χ4v) is 4.60. The number of fused-ring (bicyclic) bond motifs is 1. The molecule has 1 amide bonds. The second-order valence-corrected chi connectivity index (χ2v) is 9.27. The van der Waals surface area contributed by atoms with E-state index in [1.165, 1.54) is 6.33 Å². The summed E-state index contributed by atoms with van der Waals surface area (Å²) < 4.78 is 5.94. The van der Waals surface area contributed by atoms with Crippen LogP contribution in [0.2, 0.25) is 0 Å². The molecule has 2 aromatic carbocycles. The number of amides is 1. The lowest BCUT2D eigenvalue weighted by Crippen LogP contribution is -2.27. The molecule has 36 heavy (non-hydrogen) atoms. The molecule has 3 N–H and O–H groups in total. The number of likely N-dealkylation sites (N-methyl/N-ethyl adjacent to an activating group) is 1. The van der Waals surface area contributed by atoms with Gasteiger partial charge in [-0.1, -0.05) is 24.3 Å². The van der Waals surface area contributed by atoms with Gasteiger partial charge in [-0.2, -0.15) is 0 Å². The quantitative estimate of drug-likeness (QED) is 0.378. The zero-order valence-electron chi connectivity index (χ0n) is 20.5. The van der Waals surface area contributed by atoms with Gasteiger partial charge in [-0.25, -0.2) is 9.97 Å². The monoisotopic (exact) mass is 482 g/mol. The lowest BCUT2D eigenvalue weighted by molar-refractivity contribution is -0.125. The number of benzene rings is 2. The SMILES string of the molecule is CN(C)CC=CC(=O)N1CCC(c2[nH]c(-c3ccc(Oc4ccccc4)cc3)c3c(N)ncnc23)C1. The van der Waals surface area contributed by atoms with Crippen LogP contribution in [0.1, 0.15) is 18.0 Å². The predicted molar refractivity (Wildman–Crippen MR) is 142 cm³/mol. The molecule has 5 rings (SSSR count). The van der Waals surface area contributed by atoms with Crippen molar-refractivity contribution in [3.05, 3.63) is 78.8 Å². The maximum Gasteiger partial charge on any atom is 0.246 e. The van der Waals surface area contributed by atoms with Gasteiger partial charge in [0.05, 0.1) is 16.6 Å². The number of rotatable bonds is 7. The summed E-state index contributed by atoms with van der Waals surface area (Å²) in [4.78, 5) is 29.0. The van der Waals surface area contributed by atoms with Crippen molar-refractivity contribution < 1.29 is 9.53 Å². The van der Waals surface area contributed by atoms with Gasteiger partial charge in [0.25, 0.3) is 0 Å². The number of nitrogens with zero attached hydrogens (tertiary/aromatic N) is 4. The summed E-state index contributed by atoms with van der Waals surface area (Å²) in [6, 6.07) is 17.6. The molecule has 0 aliphatic carbocycles. The van der Waals surface area contributed by atoms with Gasteiger partial charge in [-0.15, -0.1) is 0 Å². The number of carbonyl (C=O) groups excluding carboxylic acids is 1. The number of aromatic amines is 1. The number of anilines is 1. The number of likely N-dealkylation sites (tertiary alicyclic amines) is 1. The first-order chi connectivity index (χ1) is 17.5. The van der Waals surface area contributed by atoms with E-state index in [4.69, 9.17) is 10.5 Å². The molecular formula is C28H30N6O2. The van der Waals surface area contributed by atoms with Crippen molar-refractivity contribution in [2.75, 3.05) is 39.5 Å². The molecule has 1 aliphatic heterocycles. The van der Waals surface area contributed by atoms with Crippen LogP contribution in [-0.2, 0) is 4.79 Å². The van der Waals surface area contributed by atoms with E-state index >= 15 is 0 Å². The number of nitrogens with two attached hydrogens (primary N) is 1. The van der Waals surface area contributed by atoms with Crippen molar-refractivity contribution in [1.82, 2.24) is 24.8 Å². The highest BCUT2D eigenvalue weighted by molar-refractivity contribution is 6.02. The minimum Gasteiger partial charge on any atom is -0.457 e. The Morgan fingerprint density at radius 2 is 1.89 bits per heavy atom. The van der Waals surface area contributed by atoms with Crippen molar-refractivity contribution >= 4 is 22.6 Å². The third-order valence-electron chi connectivity index (χ3n) is 6.40. The summed E-state index contributed by atoms with van der Waals surface area (Å²) in [6.45, 7) is 2.07. The van der Waals surface area contributed by atoms with Crippen LogP contribution in [0, 0.1) is 0 Å². The lowest BCUT2D eigenvalue weighted by Gasteiger charge is -2.14. The van der Waals surface area contributed by atoms with Crippen LogP contribution in [-0.4, -0.2) is 64.4 Å². The Hall–Kier alpha value is -4.17. The number of hydrogen-bond acceptors (Lipinski definition) is 6. The van der Waals surface area contributed by atoms with Gasteiger partial charge in [-0.05, 0) is 62.5 Å². The molecule has 1 fully saturated rings. The van der Waals surface area contributed by atoms with Crippen LogP contribution in [0.5, 0.6) is 11.5 Å². The Labute approximate surface area is 210 Å². The predicted octanol–water partition coefficient (Wildman–Crippen LogP) is 4.43. The highest BCUT2D eigenvalue weighted by Gasteiger charge is 2.30. The number of ether oxygens (including phenoxy) is 1. The molecule has 0 spiro atoms. The molecule has 8 heteroatoms. The van der Waals surface area contributed by atoms with Gasteiger partial charge in [0.2, 0.25) is 5.91 Å². The topological polar surface area (TPSA) is 100 Å². The van der Waals surface area contributed by atoms with Gasteiger partial charge in [-0.3, -0.25) is 4.79 Å². The molecule has 1 atom stereocenters. The maximum absolute atomic E-state index is 12.7. The van der Waals surface area contributed by atoms with E-state index in [2.05, 4.69) is 15.0 Å². The fourth-order valence-electron chi connectivity index (χ4n) is 4.60. The highest BCUT2D eigenvalue weighted by atomic mass is 16.5. The molecule has 0 bridgehead atoms. The Balaban J connectivity index is 1.40. The van der Waals surface area contributed by atoms with E-state index in [-0.39, 0.29) is 11.8 Å². The normalized spacial score (nSPS) is 15.9. The molecular weight excluding hydrogens is 452 g/mol. The van der Waals surface area contributed by atoms with Crippen molar-refractivity contribution in [2.24, 2.45) is 0 Å². The van der Waals surface area contributed by atoms with Crippen molar-refractivity contribution in [3.63, 3.8) is 0 Å². The average Bonchev–Trinajstić information content (AvgIpc) is 3.51. The zero-order valence-corrected chi connectivity index (χ0v) is 20.5. The number of para-hydroxylation sites is 1. The molecule has 1 unspecified atom stereocenters. The van der Waals surface area contributed by atoms with Gasteiger partial charge in [0.15, 0.2) is 0 Å². The zero-order chi connectivity index (χ0) is 25.1. The van der Waals surface area contributed by atoms with E-state index in [0.717, 1.165) is 52.3 Å².